The average molecular weight is 188 g/mol. The van der Waals surface area contributed by atoms with Crippen LogP contribution in [0.15, 0.2) is 18.3 Å². The van der Waals surface area contributed by atoms with Crippen LogP contribution in [-0.4, -0.2) is 14.5 Å². The topological polar surface area (TPSA) is 56.7 Å². The fraction of sp³-hybridized carbons (Fsp3) is 0.400. The van der Waals surface area contributed by atoms with Gasteiger partial charge in [0.2, 0.25) is 0 Å². The Kier molecular flexibility index (Phi) is 1.58. The van der Waals surface area contributed by atoms with Crippen molar-refractivity contribution >= 4 is 11.2 Å². The van der Waals surface area contributed by atoms with Crippen LogP contribution in [0.5, 0.6) is 0 Å². The minimum absolute atomic E-state index is 0.493. The summed E-state index contributed by atoms with van der Waals surface area (Å²) in [5.74, 6) is 0.959. The van der Waals surface area contributed by atoms with Crippen LogP contribution >= 0.6 is 0 Å². The first-order valence-electron chi connectivity index (χ1n) is 4.92. The summed E-state index contributed by atoms with van der Waals surface area (Å²) in [5.41, 5.74) is 7.61. The predicted molar refractivity (Wildman–Crippen MR) is 53.7 cm³/mol. The van der Waals surface area contributed by atoms with Gasteiger partial charge >= 0.3 is 0 Å². The van der Waals surface area contributed by atoms with Crippen molar-refractivity contribution < 1.29 is 0 Å². The number of fused-ring (bicyclic) bond motifs is 1. The molecule has 2 heterocycles. The van der Waals surface area contributed by atoms with Crippen molar-refractivity contribution in [3.05, 3.63) is 24.2 Å². The van der Waals surface area contributed by atoms with E-state index in [1.807, 2.05) is 18.3 Å². The summed E-state index contributed by atoms with van der Waals surface area (Å²) in [4.78, 5) is 8.82. The molecular weight excluding hydrogens is 176 g/mol. The summed E-state index contributed by atoms with van der Waals surface area (Å²) >= 11 is 0. The Morgan fingerprint density at radius 2 is 2.36 bits per heavy atom. The van der Waals surface area contributed by atoms with E-state index in [1.54, 1.807) is 0 Å². The van der Waals surface area contributed by atoms with E-state index < -0.39 is 0 Å². The molecule has 3 rings (SSSR count). The van der Waals surface area contributed by atoms with Crippen molar-refractivity contribution in [2.24, 2.45) is 5.73 Å². The Balaban J connectivity index is 2.29. The van der Waals surface area contributed by atoms with Gasteiger partial charge in [-0.25, -0.2) is 9.97 Å². The van der Waals surface area contributed by atoms with Crippen molar-refractivity contribution in [1.29, 1.82) is 0 Å². The lowest BCUT2D eigenvalue weighted by molar-refractivity contribution is 0.695. The van der Waals surface area contributed by atoms with E-state index in [-0.39, 0.29) is 0 Å². The summed E-state index contributed by atoms with van der Waals surface area (Å²) in [6.45, 7) is 0.493. The van der Waals surface area contributed by atoms with Crippen LogP contribution in [-0.2, 0) is 6.54 Å². The number of aromatic nitrogens is 3. The van der Waals surface area contributed by atoms with Crippen LogP contribution < -0.4 is 5.73 Å². The van der Waals surface area contributed by atoms with E-state index in [1.165, 1.54) is 12.8 Å². The van der Waals surface area contributed by atoms with Gasteiger partial charge in [-0.1, -0.05) is 0 Å². The molecule has 72 valence electrons. The molecule has 1 aliphatic carbocycles. The Labute approximate surface area is 81.8 Å². The minimum Gasteiger partial charge on any atom is -0.324 e. The smallest absolute Gasteiger partial charge is 0.160 e. The van der Waals surface area contributed by atoms with Crippen LogP contribution in [0.1, 0.15) is 24.7 Å². The number of nitrogens with zero attached hydrogens (tertiary/aromatic N) is 3. The van der Waals surface area contributed by atoms with Gasteiger partial charge in [0.25, 0.3) is 0 Å². The fourth-order valence-electron chi connectivity index (χ4n) is 1.84. The van der Waals surface area contributed by atoms with Gasteiger partial charge in [0.15, 0.2) is 5.65 Å². The van der Waals surface area contributed by atoms with Gasteiger partial charge in [-0.15, -0.1) is 0 Å². The molecular formula is C10H12N4. The molecule has 0 spiro atoms. The minimum atomic E-state index is 0.493. The lowest BCUT2D eigenvalue weighted by atomic mass is 10.4. The quantitative estimate of drug-likeness (QED) is 0.771. The zero-order chi connectivity index (χ0) is 9.54. The normalized spacial score (nSPS) is 16.4. The van der Waals surface area contributed by atoms with Gasteiger partial charge in [0.05, 0.1) is 6.54 Å². The van der Waals surface area contributed by atoms with Crippen LogP contribution in [0.2, 0.25) is 0 Å². The molecule has 2 N–H and O–H groups in total. The molecule has 0 aromatic carbocycles. The van der Waals surface area contributed by atoms with Crippen molar-refractivity contribution in [1.82, 2.24) is 14.5 Å². The summed E-state index contributed by atoms with van der Waals surface area (Å²) < 4.78 is 2.19. The third kappa shape index (κ3) is 1.04. The number of hydrogen-bond acceptors (Lipinski definition) is 3. The number of hydrogen-bond donors (Lipinski definition) is 1. The molecule has 1 saturated carbocycles. The molecule has 14 heavy (non-hydrogen) atoms. The third-order valence-electron chi connectivity index (χ3n) is 2.62. The third-order valence-corrected chi connectivity index (χ3v) is 2.62. The van der Waals surface area contributed by atoms with E-state index in [0.29, 0.717) is 12.6 Å². The van der Waals surface area contributed by atoms with Crippen LogP contribution in [0.3, 0.4) is 0 Å². The van der Waals surface area contributed by atoms with E-state index in [2.05, 4.69) is 14.5 Å². The van der Waals surface area contributed by atoms with E-state index in [9.17, 15) is 0 Å². The largest absolute Gasteiger partial charge is 0.324 e. The van der Waals surface area contributed by atoms with Crippen molar-refractivity contribution in [2.75, 3.05) is 0 Å². The molecule has 1 fully saturated rings. The molecule has 0 radical (unpaired) electrons. The van der Waals surface area contributed by atoms with E-state index >= 15 is 0 Å². The zero-order valence-electron chi connectivity index (χ0n) is 7.85. The van der Waals surface area contributed by atoms with Gasteiger partial charge in [0, 0.05) is 12.2 Å². The van der Waals surface area contributed by atoms with Gasteiger partial charge in [0.1, 0.15) is 11.3 Å². The maximum Gasteiger partial charge on any atom is 0.160 e. The second-order valence-corrected chi connectivity index (χ2v) is 3.68. The van der Waals surface area contributed by atoms with E-state index in [4.69, 9.17) is 5.73 Å². The van der Waals surface area contributed by atoms with Gasteiger partial charge in [-0.05, 0) is 25.0 Å². The molecule has 0 atom stereocenters. The Bertz CT molecular complexity index is 470. The van der Waals surface area contributed by atoms with Crippen molar-refractivity contribution in [2.45, 2.75) is 25.4 Å². The van der Waals surface area contributed by atoms with Crippen molar-refractivity contribution in [3.8, 4) is 0 Å². The highest BCUT2D eigenvalue weighted by Gasteiger charge is 2.28. The number of nitrogens with two attached hydrogens (primary N) is 1. The van der Waals surface area contributed by atoms with Crippen molar-refractivity contribution in [3.63, 3.8) is 0 Å². The lowest BCUT2D eigenvalue weighted by Gasteiger charge is -2.03. The highest BCUT2D eigenvalue weighted by molar-refractivity contribution is 5.71. The van der Waals surface area contributed by atoms with Crippen LogP contribution in [0, 0.1) is 0 Å². The molecule has 2 aromatic rings. The first-order valence-corrected chi connectivity index (χ1v) is 4.92. The molecule has 0 amide bonds. The SMILES string of the molecule is NCc1nc2cccnc2n1C1CC1. The fourth-order valence-corrected chi connectivity index (χ4v) is 1.84. The monoisotopic (exact) mass is 188 g/mol. The Hall–Kier alpha value is -1.42. The molecule has 4 heteroatoms. The second-order valence-electron chi connectivity index (χ2n) is 3.68. The van der Waals surface area contributed by atoms with Gasteiger partial charge in [-0.2, -0.15) is 0 Å². The first-order chi connectivity index (χ1) is 6.90. The van der Waals surface area contributed by atoms with Crippen LogP contribution in [0.25, 0.3) is 11.2 Å². The maximum absolute atomic E-state index is 5.67. The molecule has 0 bridgehead atoms. The number of imidazole rings is 1. The second kappa shape index (κ2) is 2.78. The molecule has 0 aliphatic heterocycles. The summed E-state index contributed by atoms with van der Waals surface area (Å²) in [6, 6.07) is 4.49. The summed E-state index contributed by atoms with van der Waals surface area (Å²) in [5, 5.41) is 0. The summed E-state index contributed by atoms with van der Waals surface area (Å²) in [7, 11) is 0. The van der Waals surface area contributed by atoms with Crippen LogP contribution in [0.4, 0.5) is 0 Å². The van der Waals surface area contributed by atoms with Gasteiger partial charge < -0.3 is 10.3 Å². The maximum atomic E-state index is 5.67. The average Bonchev–Trinajstić information content (AvgIpc) is 2.98. The summed E-state index contributed by atoms with van der Waals surface area (Å²) in [6.07, 6.45) is 4.27. The number of pyridine rings is 1. The molecule has 4 nitrogen and oxygen atoms in total. The highest BCUT2D eigenvalue weighted by atomic mass is 15.2. The first kappa shape index (κ1) is 7.94. The Morgan fingerprint density at radius 3 is 3.07 bits per heavy atom. The lowest BCUT2D eigenvalue weighted by Crippen LogP contribution is -2.07. The highest BCUT2D eigenvalue weighted by Crippen LogP contribution is 2.37. The zero-order valence-corrected chi connectivity index (χ0v) is 7.85. The predicted octanol–water partition coefficient (Wildman–Crippen LogP) is 1.22. The Morgan fingerprint density at radius 1 is 1.50 bits per heavy atom. The molecule has 0 unspecified atom stereocenters. The van der Waals surface area contributed by atoms with Gasteiger partial charge in [-0.3, -0.25) is 0 Å². The standard InChI is InChI=1S/C10H12N4/c11-6-9-13-8-2-1-5-12-10(8)14(9)7-3-4-7/h1-2,5,7H,3-4,6,11H2. The number of rotatable bonds is 2. The molecule has 1 aliphatic rings. The molecule has 2 aromatic heterocycles. The van der Waals surface area contributed by atoms with E-state index in [0.717, 1.165) is 17.0 Å². The molecule has 0 saturated heterocycles.